The van der Waals surface area contributed by atoms with Crippen molar-refractivity contribution in [3.63, 3.8) is 0 Å². The molecule has 0 bridgehead atoms. The molecule has 2 nitrogen and oxygen atoms in total. The molecule has 0 fully saturated rings. The van der Waals surface area contributed by atoms with Crippen LogP contribution >= 0.6 is 0 Å². The molecule has 0 spiro atoms. The molecule has 0 aliphatic heterocycles. The van der Waals surface area contributed by atoms with Crippen molar-refractivity contribution in [3.8, 4) is 18.1 Å². The average Bonchev–Trinajstić information content (AvgIpc) is 2.35. The molecule has 0 aliphatic rings. The van der Waals surface area contributed by atoms with Gasteiger partial charge in [-0.25, -0.2) is 0 Å². The molecule has 0 heterocycles. The summed E-state index contributed by atoms with van der Waals surface area (Å²) in [5.74, 6) is 3.21. The monoisotopic (exact) mass is 232 g/mol. The fourth-order valence-electron chi connectivity index (χ4n) is 1.64. The highest BCUT2D eigenvalue weighted by molar-refractivity contribution is 5.35. The molecule has 1 aromatic rings. The summed E-state index contributed by atoms with van der Waals surface area (Å²) in [5, 5.41) is 9.88. The predicted octanol–water partition coefficient (Wildman–Crippen LogP) is 3.31. The first-order chi connectivity index (χ1) is 8.29. The molecule has 92 valence electrons. The van der Waals surface area contributed by atoms with Crippen molar-refractivity contribution in [1.29, 1.82) is 0 Å². The molecule has 0 saturated carbocycles. The molecule has 0 aromatic heterocycles. The Bertz CT molecular complexity index is 365. The van der Waals surface area contributed by atoms with Gasteiger partial charge in [0.1, 0.15) is 5.75 Å². The minimum atomic E-state index is -0.637. The van der Waals surface area contributed by atoms with E-state index in [1.807, 2.05) is 24.3 Å². The van der Waals surface area contributed by atoms with Crippen LogP contribution in [0.25, 0.3) is 0 Å². The second-order valence-corrected chi connectivity index (χ2v) is 4.02. The standard InChI is InChI=1S/C15H20O2/c1-3-5-8-12-17-15-11-7-6-10-13(15)14(16)9-4-2/h2,6-7,10-11,14,16H,3,5,8-9,12H2,1H3/t14-/m0/s1. The van der Waals surface area contributed by atoms with E-state index >= 15 is 0 Å². The van der Waals surface area contributed by atoms with E-state index in [1.165, 1.54) is 6.42 Å². The average molecular weight is 232 g/mol. The van der Waals surface area contributed by atoms with Crippen molar-refractivity contribution < 1.29 is 9.84 Å². The van der Waals surface area contributed by atoms with E-state index < -0.39 is 6.10 Å². The summed E-state index contributed by atoms with van der Waals surface area (Å²) >= 11 is 0. The van der Waals surface area contributed by atoms with Crippen LogP contribution in [0.5, 0.6) is 5.75 Å². The summed E-state index contributed by atoms with van der Waals surface area (Å²) in [7, 11) is 0. The topological polar surface area (TPSA) is 29.5 Å². The van der Waals surface area contributed by atoms with Gasteiger partial charge in [0, 0.05) is 12.0 Å². The zero-order chi connectivity index (χ0) is 12.5. The minimum absolute atomic E-state index is 0.315. The highest BCUT2D eigenvalue weighted by Crippen LogP contribution is 2.26. The third-order valence-electron chi connectivity index (χ3n) is 2.59. The van der Waals surface area contributed by atoms with Crippen LogP contribution in [0.2, 0.25) is 0 Å². The second-order valence-electron chi connectivity index (χ2n) is 4.02. The maximum Gasteiger partial charge on any atom is 0.125 e. The van der Waals surface area contributed by atoms with Crippen molar-refractivity contribution in [2.24, 2.45) is 0 Å². The van der Waals surface area contributed by atoms with E-state index in [9.17, 15) is 5.11 Å². The molecular formula is C15H20O2. The molecule has 1 N–H and O–H groups in total. The molecule has 0 radical (unpaired) electrons. The summed E-state index contributed by atoms with van der Waals surface area (Å²) in [6.07, 6.45) is 8.25. The van der Waals surface area contributed by atoms with Gasteiger partial charge in [0.25, 0.3) is 0 Å². The Hall–Kier alpha value is -1.46. The Morgan fingerprint density at radius 2 is 2.12 bits per heavy atom. The van der Waals surface area contributed by atoms with Gasteiger partial charge in [0.2, 0.25) is 0 Å². The normalized spacial score (nSPS) is 11.8. The smallest absolute Gasteiger partial charge is 0.125 e. The van der Waals surface area contributed by atoms with Crippen LogP contribution in [0.15, 0.2) is 24.3 Å². The quantitative estimate of drug-likeness (QED) is 0.577. The molecule has 1 rings (SSSR count). The zero-order valence-electron chi connectivity index (χ0n) is 10.4. The molecular weight excluding hydrogens is 212 g/mol. The number of para-hydroxylation sites is 1. The van der Waals surface area contributed by atoms with E-state index in [0.29, 0.717) is 13.0 Å². The number of terminal acetylenes is 1. The highest BCUT2D eigenvalue weighted by atomic mass is 16.5. The summed E-state index contributed by atoms with van der Waals surface area (Å²) in [4.78, 5) is 0. The number of benzene rings is 1. The SMILES string of the molecule is C#CC[C@H](O)c1ccccc1OCCCCC. The van der Waals surface area contributed by atoms with E-state index in [-0.39, 0.29) is 0 Å². The first-order valence-electron chi connectivity index (χ1n) is 6.12. The molecule has 0 amide bonds. The lowest BCUT2D eigenvalue weighted by molar-refractivity contribution is 0.176. The van der Waals surface area contributed by atoms with Crippen molar-refractivity contribution in [3.05, 3.63) is 29.8 Å². The van der Waals surface area contributed by atoms with Gasteiger partial charge in [0.05, 0.1) is 12.7 Å². The van der Waals surface area contributed by atoms with Crippen LogP contribution in [0.1, 0.15) is 44.3 Å². The number of rotatable bonds is 7. The van der Waals surface area contributed by atoms with Crippen LogP contribution in [-0.4, -0.2) is 11.7 Å². The van der Waals surface area contributed by atoms with Crippen LogP contribution in [0, 0.1) is 12.3 Å². The lowest BCUT2D eigenvalue weighted by atomic mass is 10.1. The lowest BCUT2D eigenvalue weighted by Crippen LogP contribution is -2.03. The van der Waals surface area contributed by atoms with E-state index in [4.69, 9.17) is 11.2 Å². The van der Waals surface area contributed by atoms with Crippen LogP contribution in [0.3, 0.4) is 0 Å². The fourth-order valence-corrected chi connectivity index (χ4v) is 1.64. The maximum absolute atomic E-state index is 9.88. The third kappa shape index (κ3) is 4.50. The first-order valence-corrected chi connectivity index (χ1v) is 6.12. The van der Waals surface area contributed by atoms with Crippen LogP contribution in [-0.2, 0) is 0 Å². The van der Waals surface area contributed by atoms with E-state index in [2.05, 4.69) is 12.8 Å². The summed E-state index contributed by atoms with van der Waals surface area (Å²) in [6.45, 7) is 2.85. The second kappa shape index (κ2) is 7.76. The zero-order valence-corrected chi connectivity index (χ0v) is 10.4. The number of hydrogen-bond acceptors (Lipinski definition) is 2. The Balaban J connectivity index is 2.61. The summed E-state index contributed by atoms with van der Waals surface area (Å²) in [5.41, 5.74) is 0.780. The lowest BCUT2D eigenvalue weighted by Gasteiger charge is -2.14. The minimum Gasteiger partial charge on any atom is -0.493 e. The van der Waals surface area contributed by atoms with E-state index in [1.54, 1.807) is 0 Å². The number of ether oxygens (including phenoxy) is 1. The van der Waals surface area contributed by atoms with Gasteiger partial charge in [-0.15, -0.1) is 12.3 Å². The number of aliphatic hydroxyl groups excluding tert-OH is 1. The largest absolute Gasteiger partial charge is 0.493 e. The Labute approximate surface area is 104 Å². The predicted molar refractivity (Wildman–Crippen MR) is 69.9 cm³/mol. The van der Waals surface area contributed by atoms with Crippen molar-refractivity contribution in [1.82, 2.24) is 0 Å². The summed E-state index contributed by atoms with van der Waals surface area (Å²) in [6, 6.07) is 7.52. The Morgan fingerprint density at radius 1 is 1.35 bits per heavy atom. The van der Waals surface area contributed by atoms with Gasteiger partial charge in [-0.2, -0.15) is 0 Å². The van der Waals surface area contributed by atoms with Gasteiger partial charge >= 0.3 is 0 Å². The molecule has 0 saturated heterocycles. The van der Waals surface area contributed by atoms with Gasteiger partial charge in [-0.3, -0.25) is 0 Å². The molecule has 1 aromatic carbocycles. The van der Waals surface area contributed by atoms with Crippen LogP contribution < -0.4 is 4.74 Å². The molecule has 2 heteroatoms. The highest BCUT2D eigenvalue weighted by Gasteiger charge is 2.11. The Kier molecular flexibility index (Phi) is 6.21. The van der Waals surface area contributed by atoms with E-state index in [0.717, 1.165) is 24.2 Å². The van der Waals surface area contributed by atoms with Crippen molar-refractivity contribution in [2.75, 3.05) is 6.61 Å². The van der Waals surface area contributed by atoms with Crippen molar-refractivity contribution >= 4 is 0 Å². The molecule has 0 unspecified atom stereocenters. The van der Waals surface area contributed by atoms with Crippen LogP contribution in [0.4, 0.5) is 0 Å². The fraction of sp³-hybridized carbons (Fsp3) is 0.467. The third-order valence-corrected chi connectivity index (χ3v) is 2.59. The van der Waals surface area contributed by atoms with Crippen molar-refractivity contribution in [2.45, 2.75) is 38.7 Å². The van der Waals surface area contributed by atoms with Gasteiger partial charge < -0.3 is 9.84 Å². The first kappa shape index (κ1) is 13.6. The number of aliphatic hydroxyl groups is 1. The van der Waals surface area contributed by atoms with Gasteiger partial charge in [0.15, 0.2) is 0 Å². The molecule has 0 aliphatic carbocycles. The van der Waals surface area contributed by atoms with Gasteiger partial charge in [-0.1, -0.05) is 38.0 Å². The molecule has 17 heavy (non-hydrogen) atoms. The van der Waals surface area contributed by atoms with Gasteiger partial charge in [-0.05, 0) is 12.5 Å². The number of hydrogen-bond donors (Lipinski definition) is 1. The maximum atomic E-state index is 9.88. The summed E-state index contributed by atoms with van der Waals surface area (Å²) < 4.78 is 5.68. The Morgan fingerprint density at radius 3 is 2.82 bits per heavy atom. The number of unbranched alkanes of at least 4 members (excludes halogenated alkanes) is 2. The molecule has 1 atom stereocenters.